The van der Waals surface area contributed by atoms with Crippen molar-refractivity contribution >= 4 is 17.2 Å². The third-order valence-corrected chi connectivity index (χ3v) is 4.89. The van der Waals surface area contributed by atoms with E-state index in [9.17, 15) is 4.79 Å². The number of pyridine rings is 1. The van der Waals surface area contributed by atoms with E-state index in [-0.39, 0.29) is 5.56 Å². The van der Waals surface area contributed by atoms with Crippen LogP contribution in [0.2, 0.25) is 0 Å². The Balaban J connectivity index is 1.55. The fourth-order valence-corrected chi connectivity index (χ4v) is 3.49. The zero-order valence-corrected chi connectivity index (χ0v) is 14.5. The highest BCUT2D eigenvalue weighted by Gasteiger charge is 2.09. The zero-order chi connectivity index (χ0) is 18.2. The van der Waals surface area contributed by atoms with E-state index in [0.717, 1.165) is 34.3 Å². The Hall–Kier alpha value is -3.60. The first kappa shape index (κ1) is 15.6. The number of hydrogen-bond donors (Lipinski definition) is 0. The number of aliphatic imine (C=N–C) groups is 1. The molecule has 0 N–H and O–H groups in total. The maximum Gasteiger partial charge on any atom is 0.269 e. The van der Waals surface area contributed by atoms with Gasteiger partial charge in [0.2, 0.25) is 0 Å². The molecule has 1 aliphatic heterocycles. The smallest absolute Gasteiger partial charge is 0.269 e. The molecule has 2 aromatic heterocycles. The molecule has 27 heavy (non-hydrogen) atoms. The van der Waals surface area contributed by atoms with Crippen molar-refractivity contribution in [1.29, 1.82) is 0 Å². The van der Waals surface area contributed by atoms with Gasteiger partial charge >= 0.3 is 0 Å². The van der Waals surface area contributed by atoms with Crippen molar-refractivity contribution in [2.45, 2.75) is 13.1 Å². The van der Waals surface area contributed by atoms with Crippen LogP contribution in [-0.2, 0) is 13.1 Å². The second kappa shape index (κ2) is 6.29. The first-order chi connectivity index (χ1) is 13.3. The zero-order valence-electron chi connectivity index (χ0n) is 14.5. The lowest BCUT2D eigenvalue weighted by molar-refractivity contribution is 0.785. The van der Waals surface area contributed by atoms with E-state index in [4.69, 9.17) is 0 Å². The van der Waals surface area contributed by atoms with E-state index in [1.54, 1.807) is 17.0 Å². The standard InChI is InChI=1S/C22H16N4O/c27-22-13-25-20-6-7-23-12-21(20)26(22)14-15-2-1-3-16(8-15)17-4-5-18-10-24-11-19(18)9-17/h1-9,11-13H,10,14H2. The predicted molar refractivity (Wildman–Crippen MR) is 106 cm³/mol. The van der Waals surface area contributed by atoms with Crippen LogP contribution in [0, 0.1) is 0 Å². The quantitative estimate of drug-likeness (QED) is 0.567. The summed E-state index contributed by atoms with van der Waals surface area (Å²) in [4.78, 5) is 25.0. The Morgan fingerprint density at radius 2 is 1.93 bits per heavy atom. The Morgan fingerprint density at radius 1 is 1.00 bits per heavy atom. The fourth-order valence-electron chi connectivity index (χ4n) is 3.49. The van der Waals surface area contributed by atoms with Crippen molar-refractivity contribution in [3.8, 4) is 11.1 Å². The number of aromatic nitrogens is 3. The maximum atomic E-state index is 12.4. The minimum atomic E-state index is -0.130. The van der Waals surface area contributed by atoms with Crippen molar-refractivity contribution in [3.05, 3.63) is 94.2 Å². The molecule has 0 unspecified atom stereocenters. The van der Waals surface area contributed by atoms with Gasteiger partial charge in [0.25, 0.3) is 5.56 Å². The summed E-state index contributed by atoms with van der Waals surface area (Å²) in [7, 11) is 0. The number of benzene rings is 2. The number of hydrogen-bond acceptors (Lipinski definition) is 4. The van der Waals surface area contributed by atoms with Gasteiger partial charge in [-0.05, 0) is 46.0 Å². The molecule has 0 spiro atoms. The first-order valence-electron chi connectivity index (χ1n) is 8.79. The van der Waals surface area contributed by atoms with Crippen molar-refractivity contribution in [1.82, 2.24) is 14.5 Å². The van der Waals surface area contributed by atoms with Gasteiger partial charge in [0.1, 0.15) is 0 Å². The summed E-state index contributed by atoms with van der Waals surface area (Å²) in [5.41, 5.74) is 7.15. The van der Waals surface area contributed by atoms with Gasteiger partial charge in [-0.2, -0.15) is 0 Å². The van der Waals surface area contributed by atoms with Crippen LogP contribution >= 0.6 is 0 Å². The van der Waals surface area contributed by atoms with E-state index in [0.29, 0.717) is 6.54 Å². The third-order valence-electron chi connectivity index (χ3n) is 4.89. The van der Waals surface area contributed by atoms with E-state index in [1.807, 2.05) is 24.4 Å². The van der Waals surface area contributed by atoms with Gasteiger partial charge in [0, 0.05) is 12.4 Å². The summed E-state index contributed by atoms with van der Waals surface area (Å²) in [6.45, 7) is 1.24. The van der Waals surface area contributed by atoms with Crippen molar-refractivity contribution < 1.29 is 0 Å². The molecular weight excluding hydrogens is 336 g/mol. The normalized spacial score (nSPS) is 12.4. The molecule has 0 radical (unpaired) electrons. The predicted octanol–water partition coefficient (Wildman–Crippen LogP) is 3.44. The van der Waals surface area contributed by atoms with E-state index < -0.39 is 0 Å². The molecule has 0 saturated heterocycles. The molecule has 0 saturated carbocycles. The summed E-state index contributed by atoms with van der Waals surface area (Å²) in [6.07, 6.45) is 6.67. The lowest BCUT2D eigenvalue weighted by Gasteiger charge is -2.11. The van der Waals surface area contributed by atoms with Crippen molar-refractivity contribution in [2.24, 2.45) is 4.99 Å². The van der Waals surface area contributed by atoms with Gasteiger partial charge in [0.15, 0.2) is 0 Å². The topological polar surface area (TPSA) is 60.1 Å². The molecule has 5 nitrogen and oxygen atoms in total. The van der Waals surface area contributed by atoms with Crippen LogP contribution in [0.1, 0.15) is 16.7 Å². The first-order valence-corrected chi connectivity index (χ1v) is 8.79. The van der Waals surface area contributed by atoms with Gasteiger partial charge in [-0.1, -0.05) is 30.3 Å². The average Bonchev–Trinajstić information content (AvgIpc) is 3.18. The Morgan fingerprint density at radius 3 is 2.89 bits per heavy atom. The molecule has 0 fully saturated rings. The highest BCUT2D eigenvalue weighted by Crippen LogP contribution is 2.25. The highest BCUT2D eigenvalue weighted by molar-refractivity contribution is 5.87. The van der Waals surface area contributed by atoms with Gasteiger partial charge in [-0.3, -0.25) is 19.3 Å². The van der Waals surface area contributed by atoms with Gasteiger partial charge in [-0.15, -0.1) is 0 Å². The van der Waals surface area contributed by atoms with E-state index >= 15 is 0 Å². The minimum Gasteiger partial charge on any atom is -0.300 e. The Kier molecular flexibility index (Phi) is 3.64. The largest absolute Gasteiger partial charge is 0.300 e. The SMILES string of the molecule is O=c1cnc2ccncc2n1Cc1cccc(-c2ccc3c(c2)C=NC3)c1. The fraction of sp³-hybridized carbons (Fsp3) is 0.0909. The average molecular weight is 352 g/mol. The number of rotatable bonds is 3. The van der Waals surface area contributed by atoms with Crippen LogP contribution in [-0.4, -0.2) is 20.7 Å². The second-order valence-electron chi connectivity index (χ2n) is 6.63. The van der Waals surface area contributed by atoms with Gasteiger partial charge in [-0.25, -0.2) is 4.98 Å². The van der Waals surface area contributed by atoms with E-state index in [2.05, 4.69) is 45.3 Å². The van der Waals surface area contributed by atoms with Crippen LogP contribution < -0.4 is 5.56 Å². The monoisotopic (exact) mass is 352 g/mol. The molecule has 0 atom stereocenters. The summed E-state index contributed by atoms with van der Waals surface area (Å²) >= 11 is 0. The van der Waals surface area contributed by atoms with Crippen LogP contribution in [0.15, 0.2) is 76.9 Å². The molecule has 0 bridgehead atoms. The maximum absolute atomic E-state index is 12.4. The van der Waals surface area contributed by atoms with Crippen LogP contribution in [0.25, 0.3) is 22.2 Å². The lowest BCUT2D eigenvalue weighted by Crippen LogP contribution is -2.21. The lowest BCUT2D eigenvalue weighted by atomic mass is 9.99. The minimum absolute atomic E-state index is 0.130. The van der Waals surface area contributed by atoms with E-state index in [1.165, 1.54) is 17.3 Å². The summed E-state index contributed by atoms with van der Waals surface area (Å²) in [6, 6.07) is 16.5. The number of nitrogens with zero attached hydrogens (tertiary/aromatic N) is 4. The van der Waals surface area contributed by atoms with Crippen LogP contribution in [0.4, 0.5) is 0 Å². The summed E-state index contributed by atoms with van der Waals surface area (Å²) in [5.74, 6) is 0. The van der Waals surface area contributed by atoms with Crippen molar-refractivity contribution in [2.75, 3.05) is 0 Å². The Labute approximate surface area is 155 Å². The van der Waals surface area contributed by atoms with Crippen molar-refractivity contribution in [3.63, 3.8) is 0 Å². The molecule has 0 amide bonds. The van der Waals surface area contributed by atoms with Gasteiger partial charge < -0.3 is 0 Å². The molecule has 3 heterocycles. The number of fused-ring (bicyclic) bond motifs is 2. The molecule has 2 aromatic carbocycles. The summed E-state index contributed by atoms with van der Waals surface area (Å²) in [5, 5.41) is 0. The molecule has 130 valence electrons. The third kappa shape index (κ3) is 2.83. The molecular formula is C22H16N4O. The molecule has 1 aliphatic rings. The Bertz CT molecular complexity index is 1260. The molecule has 0 aliphatic carbocycles. The van der Waals surface area contributed by atoms with Crippen LogP contribution in [0.3, 0.4) is 0 Å². The molecule has 5 rings (SSSR count). The second-order valence-corrected chi connectivity index (χ2v) is 6.63. The highest BCUT2D eigenvalue weighted by atomic mass is 16.1. The van der Waals surface area contributed by atoms with Gasteiger partial charge in [0.05, 0.1) is 36.5 Å². The van der Waals surface area contributed by atoms with Crippen LogP contribution in [0.5, 0.6) is 0 Å². The molecule has 4 aromatic rings. The molecule has 5 heteroatoms. The summed E-state index contributed by atoms with van der Waals surface area (Å²) < 4.78 is 1.71.